The number of likely N-dealkylation sites (N-methyl/N-ethyl adjacent to an activating group) is 1. The molecule has 0 saturated carbocycles. The van der Waals surface area contributed by atoms with Crippen LogP contribution in [-0.2, 0) is 16.1 Å². The fraction of sp³-hybridized carbons (Fsp3) is 0.500. The number of methoxy groups -OCH3 is 2. The minimum absolute atomic E-state index is 0.281. The SMILES string of the molecule is CCOC(=O)C1=C(C[NH+](C)Cc2cccc(OC)c2OC)NC(=O)N[C@@H]1CC. The summed E-state index contributed by atoms with van der Waals surface area (Å²) in [7, 11) is 5.20. The lowest BCUT2D eigenvalue weighted by molar-refractivity contribution is -0.889. The van der Waals surface area contributed by atoms with Crippen molar-refractivity contribution in [3.63, 3.8) is 0 Å². The van der Waals surface area contributed by atoms with Crippen molar-refractivity contribution < 1.29 is 28.7 Å². The molecule has 0 bridgehead atoms. The largest absolute Gasteiger partial charge is 0.493 e. The molecule has 0 aromatic heterocycles. The van der Waals surface area contributed by atoms with Crippen molar-refractivity contribution in [3.05, 3.63) is 35.0 Å². The molecule has 1 unspecified atom stereocenters. The zero-order chi connectivity index (χ0) is 20.7. The van der Waals surface area contributed by atoms with Gasteiger partial charge in [-0.25, -0.2) is 9.59 Å². The van der Waals surface area contributed by atoms with Crippen molar-refractivity contribution in [1.82, 2.24) is 10.6 Å². The molecule has 2 atom stereocenters. The second kappa shape index (κ2) is 9.98. The van der Waals surface area contributed by atoms with Crippen LogP contribution in [0.1, 0.15) is 25.8 Å². The number of carbonyl (C=O) groups is 2. The Morgan fingerprint density at radius 2 is 1.93 bits per heavy atom. The molecule has 1 aliphatic rings. The molecule has 0 fully saturated rings. The Labute approximate surface area is 165 Å². The smallest absolute Gasteiger partial charge is 0.338 e. The molecule has 2 rings (SSSR count). The van der Waals surface area contributed by atoms with Gasteiger partial charge in [0, 0.05) is 0 Å². The molecule has 0 radical (unpaired) electrons. The first-order valence-electron chi connectivity index (χ1n) is 9.43. The molecule has 28 heavy (non-hydrogen) atoms. The van der Waals surface area contributed by atoms with Crippen LogP contribution in [0.2, 0.25) is 0 Å². The molecule has 8 nitrogen and oxygen atoms in total. The van der Waals surface area contributed by atoms with Crippen LogP contribution in [0, 0.1) is 0 Å². The first kappa shape index (κ1) is 21.6. The van der Waals surface area contributed by atoms with E-state index in [1.807, 2.05) is 32.2 Å². The van der Waals surface area contributed by atoms with Crippen LogP contribution in [0.3, 0.4) is 0 Å². The van der Waals surface area contributed by atoms with E-state index in [0.717, 1.165) is 10.5 Å². The Morgan fingerprint density at radius 1 is 1.18 bits per heavy atom. The van der Waals surface area contributed by atoms with E-state index in [2.05, 4.69) is 10.6 Å². The number of hydrogen-bond donors (Lipinski definition) is 3. The van der Waals surface area contributed by atoms with Crippen LogP contribution in [0.5, 0.6) is 11.5 Å². The monoisotopic (exact) mass is 392 g/mol. The van der Waals surface area contributed by atoms with Crippen LogP contribution in [0.25, 0.3) is 0 Å². The fourth-order valence-electron chi connectivity index (χ4n) is 3.38. The van der Waals surface area contributed by atoms with Crippen LogP contribution >= 0.6 is 0 Å². The van der Waals surface area contributed by atoms with Crippen LogP contribution in [-0.4, -0.2) is 52.5 Å². The molecule has 1 aromatic carbocycles. The first-order chi connectivity index (χ1) is 13.4. The number of quaternary nitrogens is 1. The lowest BCUT2D eigenvalue weighted by Gasteiger charge is -2.29. The highest BCUT2D eigenvalue weighted by Gasteiger charge is 2.33. The average Bonchev–Trinajstić information content (AvgIpc) is 2.67. The van der Waals surface area contributed by atoms with Gasteiger partial charge in [-0.3, -0.25) is 0 Å². The topological polar surface area (TPSA) is 90.3 Å². The van der Waals surface area contributed by atoms with Gasteiger partial charge in [0.15, 0.2) is 11.5 Å². The van der Waals surface area contributed by atoms with Gasteiger partial charge in [0.05, 0.1) is 50.7 Å². The molecule has 2 amide bonds. The molecule has 154 valence electrons. The van der Waals surface area contributed by atoms with Crippen molar-refractivity contribution in [2.45, 2.75) is 32.9 Å². The third kappa shape index (κ3) is 4.95. The molecular weight excluding hydrogens is 362 g/mol. The molecule has 0 saturated heterocycles. The third-order valence-corrected chi connectivity index (χ3v) is 4.60. The second-order valence-electron chi connectivity index (χ2n) is 6.64. The zero-order valence-corrected chi connectivity index (χ0v) is 17.2. The van der Waals surface area contributed by atoms with Crippen molar-refractivity contribution in [2.75, 3.05) is 34.4 Å². The molecule has 0 spiro atoms. The minimum atomic E-state index is -0.399. The van der Waals surface area contributed by atoms with Gasteiger partial charge in [-0.15, -0.1) is 0 Å². The lowest BCUT2D eigenvalue weighted by atomic mass is 10.00. The minimum Gasteiger partial charge on any atom is -0.493 e. The van der Waals surface area contributed by atoms with Gasteiger partial charge in [-0.05, 0) is 25.5 Å². The number of ether oxygens (including phenoxy) is 3. The van der Waals surface area contributed by atoms with E-state index in [4.69, 9.17) is 14.2 Å². The van der Waals surface area contributed by atoms with Crippen molar-refractivity contribution in [2.24, 2.45) is 0 Å². The van der Waals surface area contributed by atoms with E-state index >= 15 is 0 Å². The number of esters is 1. The Morgan fingerprint density at radius 3 is 2.54 bits per heavy atom. The number of rotatable bonds is 9. The first-order valence-corrected chi connectivity index (χ1v) is 9.43. The van der Waals surface area contributed by atoms with Gasteiger partial charge in [-0.1, -0.05) is 13.0 Å². The van der Waals surface area contributed by atoms with Crippen molar-refractivity contribution >= 4 is 12.0 Å². The summed E-state index contributed by atoms with van der Waals surface area (Å²) in [5.74, 6) is 0.953. The maximum atomic E-state index is 12.5. The zero-order valence-electron chi connectivity index (χ0n) is 17.2. The molecule has 1 aromatic rings. The van der Waals surface area contributed by atoms with Crippen LogP contribution in [0.15, 0.2) is 29.5 Å². The number of amides is 2. The van der Waals surface area contributed by atoms with E-state index in [1.165, 1.54) is 0 Å². The Balaban J connectivity index is 2.27. The summed E-state index contributed by atoms with van der Waals surface area (Å²) in [4.78, 5) is 25.6. The third-order valence-electron chi connectivity index (χ3n) is 4.60. The number of benzene rings is 1. The van der Waals surface area contributed by atoms with Crippen molar-refractivity contribution in [3.8, 4) is 11.5 Å². The maximum absolute atomic E-state index is 12.5. The second-order valence-corrected chi connectivity index (χ2v) is 6.64. The van der Waals surface area contributed by atoms with Gasteiger partial charge < -0.3 is 29.7 Å². The van der Waals surface area contributed by atoms with Crippen LogP contribution < -0.4 is 25.0 Å². The summed E-state index contributed by atoms with van der Waals surface area (Å²) in [5.41, 5.74) is 2.05. The molecule has 1 aliphatic heterocycles. The number of hydrogen-bond acceptors (Lipinski definition) is 5. The molecule has 8 heteroatoms. The standard InChI is InChI=1S/C20H29N3O5/c1-6-14-17(19(24)28-7-2)15(22-20(25)21-14)12-23(3)11-13-9-8-10-16(26-4)18(13)27-5/h8-10,14H,6-7,11-12H2,1-5H3,(H2,21,22,25)/p+1/t14-/m1/s1. The van der Waals surface area contributed by atoms with Gasteiger partial charge in [-0.2, -0.15) is 0 Å². The van der Waals surface area contributed by atoms with Gasteiger partial charge in [0.2, 0.25) is 0 Å². The normalized spacial score (nSPS) is 17.5. The summed E-state index contributed by atoms with van der Waals surface area (Å²) in [6, 6.07) is 5.06. The van der Waals surface area contributed by atoms with Gasteiger partial charge in [0.1, 0.15) is 13.1 Å². The van der Waals surface area contributed by atoms with Crippen LogP contribution in [0.4, 0.5) is 4.79 Å². The van der Waals surface area contributed by atoms with E-state index in [0.29, 0.717) is 42.3 Å². The highest BCUT2D eigenvalue weighted by molar-refractivity contribution is 5.94. The van der Waals surface area contributed by atoms with E-state index < -0.39 is 5.97 Å². The quantitative estimate of drug-likeness (QED) is 0.536. The number of nitrogens with one attached hydrogen (secondary N) is 3. The number of carbonyl (C=O) groups excluding carboxylic acids is 2. The Bertz CT molecular complexity index is 747. The Kier molecular flexibility index (Phi) is 7.69. The highest BCUT2D eigenvalue weighted by atomic mass is 16.5. The summed E-state index contributed by atoms with van der Waals surface area (Å²) < 4.78 is 16.1. The van der Waals surface area contributed by atoms with E-state index in [9.17, 15) is 9.59 Å². The summed E-state index contributed by atoms with van der Waals surface area (Å²) >= 11 is 0. The predicted octanol–water partition coefficient (Wildman–Crippen LogP) is 0.627. The summed E-state index contributed by atoms with van der Waals surface area (Å²) in [5, 5.41) is 5.58. The molecular formula is C20H30N3O5+. The fourth-order valence-corrected chi connectivity index (χ4v) is 3.38. The Hall–Kier alpha value is -2.74. The number of urea groups is 1. The summed E-state index contributed by atoms with van der Waals surface area (Å²) in [6.07, 6.45) is 0.605. The van der Waals surface area contributed by atoms with E-state index in [-0.39, 0.29) is 18.7 Å². The van der Waals surface area contributed by atoms with Gasteiger partial charge in [0.25, 0.3) is 0 Å². The highest BCUT2D eigenvalue weighted by Crippen LogP contribution is 2.30. The lowest BCUT2D eigenvalue weighted by Crippen LogP contribution is -3.08. The number of para-hydroxylation sites is 1. The molecule has 0 aliphatic carbocycles. The summed E-state index contributed by atoms with van der Waals surface area (Å²) in [6.45, 7) is 5.05. The van der Waals surface area contributed by atoms with Crippen molar-refractivity contribution in [1.29, 1.82) is 0 Å². The van der Waals surface area contributed by atoms with Gasteiger partial charge >= 0.3 is 12.0 Å². The van der Waals surface area contributed by atoms with E-state index in [1.54, 1.807) is 21.1 Å². The molecule has 3 N–H and O–H groups in total. The predicted molar refractivity (Wildman–Crippen MR) is 104 cm³/mol. The maximum Gasteiger partial charge on any atom is 0.338 e. The average molecular weight is 392 g/mol. The molecule has 1 heterocycles.